The van der Waals surface area contributed by atoms with E-state index in [1.54, 1.807) is 35.7 Å². The predicted octanol–water partition coefficient (Wildman–Crippen LogP) is 6.15. The minimum Gasteiger partial charge on any atom is -0.481 e. The van der Waals surface area contributed by atoms with Crippen molar-refractivity contribution >= 4 is 63.6 Å². The van der Waals surface area contributed by atoms with Gasteiger partial charge in [-0.15, -0.1) is 34.0 Å². The van der Waals surface area contributed by atoms with E-state index in [1.807, 2.05) is 23.6 Å². The summed E-state index contributed by atoms with van der Waals surface area (Å²) in [6.45, 7) is 1.80. The van der Waals surface area contributed by atoms with Gasteiger partial charge in [-0.2, -0.15) is 0 Å². The Kier molecular flexibility index (Phi) is 10.9. The lowest BCUT2D eigenvalue weighted by Gasteiger charge is -2.12. The van der Waals surface area contributed by atoms with Crippen molar-refractivity contribution in [2.24, 2.45) is 0 Å². The van der Waals surface area contributed by atoms with Crippen molar-refractivity contribution in [1.29, 1.82) is 0 Å². The summed E-state index contributed by atoms with van der Waals surface area (Å²) < 4.78 is 0. The summed E-state index contributed by atoms with van der Waals surface area (Å²) in [5, 5.41) is 23.1. The van der Waals surface area contributed by atoms with Crippen molar-refractivity contribution in [2.75, 3.05) is 5.75 Å². The third-order valence-corrected chi connectivity index (χ3v) is 10.4. The number of thiophene rings is 3. The lowest BCUT2D eigenvalue weighted by atomic mass is 10.1. The molecule has 0 saturated carbocycles. The average Bonchev–Trinajstić information content (AvgIpc) is 3.71. The van der Waals surface area contributed by atoms with Crippen LogP contribution in [0.1, 0.15) is 52.2 Å². The predicted molar refractivity (Wildman–Crippen MR) is 165 cm³/mol. The maximum atomic E-state index is 12.6. The number of aliphatic carboxylic acids is 2. The highest BCUT2D eigenvalue weighted by Crippen LogP contribution is 2.36. The summed E-state index contributed by atoms with van der Waals surface area (Å²) in [7, 11) is 0. The lowest BCUT2D eigenvalue weighted by molar-refractivity contribution is -0.140. The molecule has 216 valence electrons. The first-order valence-electron chi connectivity index (χ1n) is 12.9. The number of carbonyl (C=O) groups excluding carboxylic acids is 1. The first-order chi connectivity index (χ1) is 19.7. The van der Waals surface area contributed by atoms with E-state index in [0.717, 1.165) is 51.8 Å². The third kappa shape index (κ3) is 8.62. The van der Waals surface area contributed by atoms with E-state index in [2.05, 4.69) is 22.4 Å². The van der Waals surface area contributed by atoms with Gasteiger partial charge in [-0.25, -0.2) is 9.78 Å². The van der Waals surface area contributed by atoms with Crippen LogP contribution in [0.15, 0.2) is 51.7 Å². The van der Waals surface area contributed by atoms with E-state index in [4.69, 9.17) is 10.1 Å². The molecule has 0 spiro atoms. The van der Waals surface area contributed by atoms with Gasteiger partial charge < -0.3 is 20.5 Å². The molecule has 1 amide bonds. The Hall–Kier alpha value is -3.26. The number of rotatable bonds is 15. The Labute approximate surface area is 252 Å². The number of nitrogens with one attached hydrogen (secondary N) is 2. The fourth-order valence-corrected chi connectivity index (χ4v) is 7.67. The fourth-order valence-electron chi connectivity index (χ4n) is 3.97. The van der Waals surface area contributed by atoms with E-state index >= 15 is 0 Å². The molecule has 4 aromatic heterocycles. The second-order valence-corrected chi connectivity index (χ2v) is 13.5. The fraction of sp³-hybridized carbons (Fsp3) is 0.321. The maximum absolute atomic E-state index is 12.6. The van der Waals surface area contributed by atoms with E-state index in [1.165, 1.54) is 28.0 Å². The van der Waals surface area contributed by atoms with E-state index < -0.39 is 23.9 Å². The van der Waals surface area contributed by atoms with Gasteiger partial charge in [-0.1, -0.05) is 24.2 Å². The molecule has 0 aromatic carbocycles. The molecule has 13 heteroatoms. The number of aromatic nitrogens is 2. The highest BCUT2D eigenvalue weighted by molar-refractivity contribution is 7.99. The van der Waals surface area contributed by atoms with Crippen molar-refractivity contribution in [1.82, 2.24) is 15.3 Å². The van der Waals surface area contributed by atoms with Crippen LogP contribution in [0.4, 0.5) is 0 Å². The zero-order chi connectivity index (χ0) is 29.4. The smallest absolute Gasteiger partial charge is 0.326 e. The Morgan fingerprint density at radius 2 is 1.83 bits per heavy atom. The zero-order valence-corrected chi connectivity index (χ0v) is 25.4. The molecule has 4 N–H and O–H groups in total. The van der Waals surface area contributed by atoms with Gasteiger partial charge in [0.2, 0.25) is 0 Å². The van der Waals surface area contributed by atoms with Crippen LogP contribution in [0, 0.1) is 6.92 Å². The van der Waals surface area contributed by atoms with Crippen molar-refractivity contribution < 1.29 is 24.6 Å². The highest BCUT2D eigenvalue weighted by atomic mass is 32.2. The van der Waals surface area contributed by atoms with Crippen LogP contribution >= 0.6 is 45.8 Å². The van der Waals surface area contributed by atoms with E-state index in [9.17, 15) is 24.3 Å². The molecule has 4 rings (SSSR count). The summed E-state index contributed by atoms with van der Waals surface area (Å²) in [6, 6.07) is 10.5. The quantitative estimate of drug-likeness (QED) is 0.0693. The normalized spacial score (nSPS) is 11.8. The Balaban J connectivity index is 1.23. The number of nitrogens with zero attached hydrogens (tertiary/aromatic N) is 1. The van der Waals surface area contributed by atoms with Crippen molar-refractivity contribution in [3.63, 3.8) is 0 Å². The minimum absolute atomic E-state index is 0.127. The van der Waals surface area contributed by atoms with Crippen molar-refractivity contribution in [2.45, 2.75) is 56.6 Å². The molecule has 0 bridgehead atoms. The van der Waals surface area contributed by atoms with Gasteiger partial charge in [0.25, 0.3) is 11.5 Å². The number of hydrogen-bond acceptors (Lipinski definition) is 9. The van der Waals surface area contributed by atoms with Crippen LogP contribution in [0.3, 0.4) is 0 Å². The molecule has 41 heavy (non-hydrogen) atoms. The summed E-state index contributed by atoms with van der Waals surface area (Å²) in [5.41, 5.74) is 1.20. The van der Waals surface area contributed by atoms with Gasteiger partial charge in [-0.05, 0) is 68.3 Å². The minimum atomic E-state index is -1.26. The first-order valence-corrected chi connectivity index (χ1v) is 16.4. The molecular formula is C28H29N3O6S4. The van der Waals surface area contributed by atoms with Crippen LogP contribution in [-0.2, 0) is 16.0 Å². The Morgan fingerprint density at radius 3 is 2.56 bits per heavy atom. The summed E-state index contributed by atoms with van der Waals surface area (Å²) in [6.07, 6.45) is 3.09. The number of aryl methyl sites for hydroxylation is 1. The lowest BCUT2D eigenvalue weighted by Crippen LogP contribution is -2.40. The van der Waals surface area contributed by atoms with Gasteiger partial charge in [0, 0.05) is 32.4 Å². The number of amides is 1. The monoisotopic (exact) mass is 631 g/mol. The van der Waals surface area contributed by atoms with Crippen LogP contribution in [0.25, 0.3) is 20.3 Å². The SMILES string of the molecule is Cc1c(-c2ccc(-c3cccs3)s2)nc(SCCCCCc2ccc(C(=O)NC(CCC(=O)O)C(=O)O)s2)[nH]c1=O. The molecule has 4 aromatic rings. The average molecular weight is 632 g/mol. The third-order valence-electron chi connectivity index (χ3n) is 6.18. The summed E-state index contributed by atoms with van der Waals surface area (Å²) >= 11 is 6.15. The molecule has 0 aliphatic rings. The van der Waals surface area contributed by atoms with Crippen LogP contribution in [0.2, 0.25) is 0 Å². The first kappa shape index (κ1) is 30.7. The second-order valence-electron chi connectivity index (χ2n) is 9.21. The molecule has 1 unspecified atom stereocenters. The number of carboxylic acid groups (broad SMARTS) is 2. The van der Waals surface area contributed by atoms with Gasteiger partial charge in [0.05, 0.1) is 15.4 Å². The van der Waals surface area contributed by atoms with Gasteiger partial charge in [0.1, 0.15) is 6.04 Å². The number of carboxylic acids is 2. The summed E-state index contributed by atoms with van der Waals surface area (Å²) in [4.78, 5) is 59.5. The molecule has 1 atom stereocenters. The number of hydrogen-bond donors (Lipinski definition) is 4. The van der Waals surface area contributed by atoms with Crippen molar-refractivity contribution in [3.05, 3.63) is 67.4 Å². The van der Waals surface area contributed by atoms with Gasteiger partial charge >= 0.3 is 11.9 Å². The van der Waals surface area contributed by atoms with Crippen molar-refractivity contribution in [3.8, 4) is 20.3 Å². The molecule has 0 radical (unpaired) electrons. The summed E-state index contributed by atoms with van der Waals surface area (Å²) in [5.74, 6) is -2.08. The Bertz CT molecular complexity index is 1560. The molecular weight excluding hydrogens is 603 g/mol. The number of carbonyl (C=O) groups is 3. The molecule has 0 aliphatic carbocycles. The van der Waals surface area contributed by atoms with Gasteiger partial charge in [0.15, 0.2) is 5.16 Å². The maximum Gasteiger partial charge on any atom is 0.326 e. The van der Waals surface area contributed by atoms with Gasteiger partial charge in [-0.3, -0.25) is 14.4 Å². The number of unbranched alkanes of at least 4 members (excludes halogenated alkanes) is 2. The Morgan fingerprint density at radius 1 is 1.02 bits per heavy atom. The van der Waals surface area contributed by atoms with Crippen LogP contribution < -0.4 is 10.9 Å². The topological polar surface area (TPSA) is 149 Å². The molecule has 0 aliphatic heterocycles. The van der Waals surface area contributed by atoms with E-state index in [0.29, 0.717) is 15.6 Å². The second kappa shape index (κ2) is 14.6. The molecule has 0 fully saturated rings. The zero-order valence-electron chi connectivity index (χ0n) is 22.2. The standard InChI is InChI=1S/C28H29N3O6S4/c1-16-24(21-12-11-20(41-21)19-7-5-15-38-19)30-28(31-25(16)34)39-14-4-2-3-6-17-8-10-22(40-17)26(35)29-18(27(36)37)9-13-23(32)33/h5,7-8,10-12,15,18H,2-4,6,9,13-14H2,1H3,(H,29,35)(H,32,33)(H,36,37)(H,30,31,34). The molecule has 9 nitrogen and oxygen atoms in total. The number of H-pyrrole nitrogens is 1. The van der Waals surface area contributed by atoms with E-state index in [-0.39, 0.29) is 18.4 Å². The number of aromatic amines is 1. The largest absolute Gasteiger partial charge is 0.481 e. The highest BCUT2D eigenvalue weighted by Gasteiger charge is 2.22. The van der Waals surface area contributed by atoms with Crippen LogP contribution in [-0.4, -0.2) is 49.8 Å². The molecule has 0 saturated heterocycles. The molecule has 4 heterocycles. The van der Waals surface area contributed by atoms with Crippen LogP contribution in [0.5, 0.6) is 0 Å². The number of thioether (sulfide) groups is 1.